The van der Waals surface area contributed by atoms with Gasteiger partial charge < -0.3 is 4.98 Å². The van der Waals surface area contributed by atoms with Gasteiger partial charge in [-0.1, -0.05) is 19.1 Å². The summed E-state index contributed by atoms with van der Waals surface area (Å²) in [6, 6.07) is 8.00. The third-order valence-corrected chi connectivity index (χ3v) is 7.57. The van der Waals surface area contributed by atoms with Crippen LogP contribution in [0.2, 0.25) is 0 Å². The molecule has 0 unspecified atom stereocenters. The van der Waals surface area contributed by atoms with Crippen LogP contribution in [0.25, 0.3) is 10.9 Å². The maximum atomic E-state index is 12.6. The van der Waals surface area contributed by atoms with E-state index in [1.54, 1.807) is 0 Å². The maximum Gasteiger partial charge on any atom is 0.252 e. The highest BCUT2D eigenvalue weighted by Gasteiger charge is 2.46. The second kappa shape index (κ2) is 7.04. The SMILES string of the molecule is CCCN1CCN(Cc2cc3ccc(C)cc3[nH]c2=O)[C@H]2CS(=O)(=O)C[C@H]21. The average molecular weight is 390 g/mol. The summed E-state index contributed by atoms with van der Waals surface area (Å²) < 4.78 is 24.6. The van der Waals surface area contributed by atoms with E-state index in [1.165, 1.54) is 0 Å². The van der Waals surface area contributed by atoms with Crippen molar-refractivity contribution >= 4 is 20.7 Å². The maximum absolute atomic E-state index is 12.6. The van der Waals surface area contributed by atoms with Crippen LogP contribution < -0.4 is 5.56 Å². The van der Waals surface area contributed by atoms with E-state index in [1.807, 2.05) is 31.2 Å². The zero-order chi connectivity index (χ0) is 19.2. The first-order valence-electron chi connectivity index (χ1n) is 9.67. The quantitative estimate of drug-likeness (QED) is 0.859. The lowest BCUT2D eigenvalue weighted by atomic mass is 10.0. The summed E-state index contributed by atoms with van der Waals surface area (Å²) in [5, 5.41) is 1.01. The van der Waals surface area contributed by atoms with Crippen molar-refractivity contribution in [1.82, 2.24) is 14.8 Å². The van der Waals surface area contributed by atoms with Crippen LogP contribution in [0.4, 0.5) is 0 Å². The Balaban J connectivity index is 1.62. The number of aromatic amines is 1. The Hall–Kier alpha value is -1.70. The summed E-state index contributed by atoms with van der Waals surface area (Å²) in [5.41, 5.74) is 2.58. The Morgan fingerprint density at radius 3 is 2.56 bits per heavy atom. The molecule has 7 heteroatoms. The van der Waals surface area contributed by atoms with Gasteiger partial charge >= 0.3 is 0 Å². The smallest absolute Gasteiger partial charge is 0.252 e. The highest BCUT2D eigenvalue weighted by Crippen LogP contribution is 2.28. The van der Waals surface area contributed by atoms with Gasteiger partial charge in [0.1, 0.15) is 0 Å². The number of hydrogen-bond donors (Lipinski definition) is 1. The summed E-state index contributed by atoms with van der Waals surface area (Å²) in [7, 11) is -3.02. The number of sulfone groups is 1. The van der Waals surface area contributed by atoms with Gasteiger partial charge in [0.05, 0.1) is 11.5 Å². The summed E-state index contributed by atoms with van der Waals surface area (Å²) in [6.07, 6.45) is 1.02. The molecule has 0 saturated carbocycles. The number of fused-ring (bicyclic) bond motifs is 2. The van der Waals surface area contributed by atoms with Crippen LogP contribution >= 0.6 is 0 Å². The Kier molecular flexibility index (Phi) is 4.86. The fraction of sp³-hybridized carbons (Fsp3) is 0.550. The number of aromatic nitrogens is 1. The van der Waals surface area contributed by atoms with E-state index in [0.717, 1.165) is 42.5 Å². The molecule has 2 fully saturated rings. The number of nitrogens with one attached hydrogen (secondary N) is 1. The zero-order valence-electron chi connectivity index (χ0n) is 15.9. The van der Waals surface area contributed by atoms with Crippen molar-refractivity contribution in [3.63, 3.8) is 0 Å². The van der Waals surface area contributed by atoms with Crippen LogP contribution in [0.1, 0.15) is 24.5 Å². The number of pyridine rings is 1. The van der Waals surface area contributed by atoms with Gasteiger partial charge in [-0.3, -0.25) is 14.6 Å². The molecule has 6 nitrogen and oxygen atoms in total. The van der Waals surface area contributed by atoms with Crippen LogP contribution in [-0.2, 0) is 16.4 Å². The lowest BCUT2D eigenvalue weighted by Gasteiger charge is -2.43. The monoisotopic (exact) mass is 389 g/mol. The first-order valence-corrected chi connectivity index (χ1v) is 11.5. The van der Waals surface area contributed by atoms with Crippen molar-refractivity contribution in [2.75, 3.05) is 31.1 Å². The second-order valence-corrected chi connectivity index (χ2v) is 10.1. The van der Waals surface area contributed by atoms with Gasteiger partial charge in [0, 0.05) is 42.8 Å². The molecule has 0 spiro atoms. The van der Waals surface area contributed by atoms with Crippen molar-refractivity contribution in [3.05, 3.63) is 45.7 Å². The molecule has 2 saturated heterocycles. The number of hydrogen-bond acceptors (Lipinski definition) is 5. The number of benzene rings is 1. The largest absolute Gasteiger partial charge is 0.322 e. The molecule has 1 aromatic carbocycles. The van der Waals surface area contributed by atoms with E-state index < -0.39 is 9.84 Å². The molecule has 27 heavy (non-hydrogen) atoms. The van der Waals surface area contributed by atoms with Gasteiger partial charge in [-0.2, -0.15) is 0 Å². The van der Waals surface area contributed by atoms with Gasteiger partial charge in [0.15, 0.2) is 9.84 Å². The van der Waals surface area contributed by atoms with Gasteiger partial charge in [0.2, 0.25) is 0 Å². The lowest BCUT2D eigenvalue weighted by Crippen LogP contribution is -2.58. The van der Waals surface area contributed by atoms with Crippen LogP contribution in [0.3, 0.4) is 0 Å². The standard InChI is InChI=1S/C20H27N3O3S/c1-3-6-22-7-8-23(19-13-27(25,26)12-18(19)22)11-16-10-15-5-4-14(2)9-17(15)21-20(16)24/h4-5,9-10,18-19H,3,6-8,11-13H2,1-2H3,(H,21,24)/t18-,19+/m1/s1. The molecule has 2 atom stereocenters. The Bertz CT molecular complexity index is 1010. The van der Waals surface area contributed by atoms with Gasteiger partial charge in [-0.05, 0) is 43.0 Å². The fourth-order valence-electron chi connectivity index (χ4n) is 4.55. The Labute approximate surface area is 160 Å². The van der Waals surface area contributed by atoms with Gasteiger partial charge in [0.25, 0.3) is 5.56 Å². The molecule has 146 valence electrons. The number of aryl methyl sites for hydroxylation is 1. The molecule has 2 aromatic rings. The molecule has 0 aliphatic carbocycles. The van der Waals surface area contributed by atoms with E-state index in [2.05, 4.69) is 21.7 Å². The number of rotatable bonds is 4. The van der Waals surface area contributed by atoms with E-state index in [9.17, 15) is 13.2 Å². The average Bonchev–Trinajstić information content (AvgIpc) is 2.93. The molecule has 3 heterocycles. The second-order valence-electron chi connectivity index (χ2n) is 7.93. The summed E-state index contributed by atoms with van der Waals surface area (Å²) in [5.74, 6) is 0.435. The third-order valence-electron chi connectivity index (χ3n) is 5.87. The molecular weight excluding hydrogens is 362 g/mol. The van der Waals surface area contributed by atoms with Gasteiger partial charge in [-0.25, -0.2) is 8.42 Å². The summed E-state index contributed by atoms with van der Waals surface area (Å²) in [6.45, 7) is 7.21. The van der Waals surface area contributed by atoms with Crippen molar-refractivity contribution in [3.8, 4) is 0 Å². The molecule has 2 aliphatic rings. The van der Waals surface area contributed by atoms with Crippen molar-refractivity contribution in [1.29, 1.82) is 0 Å². The number of H-pyrrole nitrogens is 1. The minimum absolute atomic E-state index is 0.0246. The Morgan fingerprint density at radius 1 is 1.11 bits per heavy atom. The fourth-order valence-corrected chi connectivity index (χ4v) is 6.60. The molecule has 1 aromatic heterocycles. The van der Waals surface area contributed by atoms with Crippen molar-refractivity contribution in [2.24, 2.45) is 0 Å². The Morgan fingerprint density at radius 2 is 1.81 bits per heavy atom. The first kappa shape index (κ1) is 18.7. The molecule has 0 bridgehead atoms. The molecular formula is C20H27N3O3S. The number of nitrogens with zero attached hydrogens (tertiary/aromatic N) is 2. The molecule has 0 amide bonds. The molecule has 0 radical (unpaired) electrons. The highest BCUT2D eigenvalue weighted by atomic mass is 32.2. The van der Waals surface area contributed by atoms with Crippen molar-refractivity contribution in [2.45, 2.75) is 38.9 Å². The predicted octanol–water partition coefficient (Wildman–Crippen LogP) is 1.53. The molecule has 4 rings (SSSR count). The predicted molar refractivity (Wildman–Crippen MR) is 108 cm³/mol. The summed E-state index contributed by atoms with van der Waals surface area (Å²) >= 11 is 0. The summed E-state index contributed by atoms with van der Waals surface area (Å²) in [4.78, 5) is 20.1. The van der Waals surface area contributed by atoms with E-state index >= 15 is 0 Å². The normalized spacial score (nSPS) is 25.7. The lowest BCUT2D eigenvalue weighted by molar-refractivity contribution is 0.0403. The first-order chi connectivity index (χ1) is 12.9. The molecule has 1 N–H and O–H groups in total. The van der Waals surface area contributed by atoms with E-state index in [4.69, 9.17) is 0 Å². The van der Waals surface area contributed by atoms with Crippen LogP contribution in [0.15, 0.2) is 29.1 Å². The zero-order valence-corrected chi connectivity index (χ0v) is 16.8. The highest BCUT2D eigenvalue weighted by molar-refractivity contribution is 7.91. The van der Waals surface area contributed by atoms with Crippen molar-refractivity contribution < 1.29 is 8.42 Å². The van der Waals surface area contributed by atoms with Crippen LogP contribution in [0.5, 0.6) is 0 Å². The topological polar surface area (TPSA) is 73.5 Å². The van der Waals surface area contributed by atoms with Gasteiger partial charge in [-0.15, -0.1) is 0 Å². The third kappa shape index (κ3) is 3.68. The van der Waals surface area contributed by atoms with E-state index in [-0.39, 0.29) is 29.1 Å². The molecule has 2 aliphatic heterocycles. The van der Waals surface area contributed by atoms with E-state index in [0.29, 0.717) is 12.1 Å². The minimum Gasteiger partial charge on any atom is -0.322 e. The van der Waals surface area contributed by atoms with Crippen LogP contribution in [0, 0.1) is 6.92 Å². The van der Waals surface area contributed by atoms with Crippen LogP contribution in [-0.4, -0.2) is 66.4 Å². The minimum atomic E-state index is -3.02. The number of piperazine rings is 1.